The number of aromatic nitrogens is 2. The predicted molar refractivity (Wildman–Crippen MR) is 125 cm³/mol. The van der Waals surface area contributed by atoms with E-state index in [0.717, 1.165) is 16.8 Å². The molecular formula is C25H28N4O5. The number of rotatable bonds is 5. The van der Waals surface area contributed by atoms with Crippen LogP contribution in [-0.2, 0) is 17.6 Å². The fraction of sp³-hybridized carbons (Fsp3) is 0.320. The molecular weight excluding hydrogens is 436 g/mol. The number of benzene rings is 2. The third kappa shape index (κ3) is 6.21. The van der Waals surface area contributed by atoms with Crippen LogP contribution in [0.4, 0.5) is 0 Å². The van der Waals surface area contributed by atoms with E-state index in [0.29, 0.717) is 56.1 Å². The van der Waals surface area contributed by atoms with E-state index < -0.39 is 6.04 Å². The third-order valence-corrected chi connectivity index (χ3v) is 5.50. The van der Waals surface area contributed by atoms with Gasteiger partial charge in [0.05, 0.1) is 32.2 Å². The highest BCUT2D eigenvalue weighted by Gasteiger charge is 2.17. The van der Waals surface area contributed by atoms with E-state index in [1.165, 1.54) is 0 Å². The Bertz CT molecular complexity index is 1120. The summed E-state index contributed by atoms with van der Waals surface area (Å²) in [7, 11) is 0. The fourth-order valence-corrected chi connectivity index (χ4v) is 3.79. The van der Waals surface area contributed by atoms with Gasteiger partial charge in [0.1, 0.15) is 12.4 Å². The number of fused-ring (bicyclic) bond motifs is 3. The number of aliphatic hydroxyl groups excluding tert-OH is 1. The van der Waals surface area contributed by atoms with Gasteiger partial charge in [-0.25, -0.2) is 4.98 Å². The molecule has 4 N–H and O–H groups in total. The van der Waals surface area contributed by atoms with Gasteiger partial charge in [0.15, 0.2) is 0 Å². The van der Waals surface area contributed by atoms with Gasteiger partial charge in [-0.3, -0.25) is 9.59 Å². The number of H-pyrrole nitrogens is 1. The lowest BCUT2D eigenvalue weighted by Gasteiger charge is -2.18. The van der Waals surface area contributed by atoms with Crippen molar-refractivity contribution in [3.8, 4) is 5.75 Å². The van der Waals surface area contributed by atoms with Crippen LogP contribution in [0.25, 0.3) is 0 Å². The zero-order chi connectivity index (χ0) is 23.8. The largest absolute Gasteiger partial charge is 0.491 e. The summed E-state index contributed by atoms with van der Waals surface area (Å²) in [4.78, 5) is 32.3. The highest BCUT2D eigenvalue weighted by Crippen LogP contribution is 2.24. The second-order valence-electron chi connectivity index (χ2n) is 8.05. The van der Waals surface area contributed by atoms with Crippen molar-refractivity contribution in [2.45, 2.75) is 18.9 Å². The van der Waals surface area contributed by atoms with Crippen LogP contribution < -0.4 is 15.4 Å². The molecule has 0 spiro atoms. The molecule has 9 heteroatoms. The predicted octanol–water partition coefficient (Wildman–Crippen LogP) is 1.47. The normalized spacial score (nSPS) is 15.3. The van der Waals surface area contributed by atoms with Crippen LogP contribution in [0.15, 0.2) is 55.0 Å². The van der Waals surface area contributed by atoms with Crippen LogP contribution >= 0.6 is 0 Å². The molecule has 1 atom stereocenters. The molecule has 0 saturated carbocycles. The molecule has 3 aromatic rings. The average Bonchev–Trinajstić information content (AvgIpc) is 3.36. The lowest BCUT2D eigenvalue weighted by atomic mass is 9.99. The topological polar surface area (TPSA) is 126 Å². The van der Waals surface area contributed by atoms with Crippen LogP contribution in [0.1, 0.15) is 37.5 Å². The van der Waals surface area contributed by atoms with E-state index in [1.807, 2.05) is 18.2 Å². The third-order valence-electron chi connectivity index (χ3n) is 5.50. The molecule has 178 valence electrons. The summed E-state index contributed by atoms with van der Waals surface area (Å²) < 4.78 is 11.5. The molecule has 0 fully saturated rings. The van der Waals surface area contributed by atoms with Gasteiger partial charge in [-0.15, -0.1) is 0 Å². The van der Waals surface area contributed by atoms with Crippen molar-refractivity contribution in [3.05, 3.63) is 82.9 Å². The molecule has 2 bridgehead atoms. The summed E-state index contributed by atoms with van der Waals surface area (Å²) in [6, 6.07) is 12.2. The first-order chi connectivity index (χ1) is 16.6. The second-order valence-corrected chi connectivity index (χ2v) is 8.05. The quantitative estimate of drug-likeness (QED) is 0.453. The Morgan fingerprint density at radius 2 is 2.09 bits per heavy atom. The number of hydrogen-bond donors (Lipinski definition) is 4. The van der Waals surface area contributed by atoms with Gasteiger partial charge >= 0.3 is 0 Å². The lowest BCUT2D eigenvalue weighted by molar-refractivity contribution is 0.0865. The Balaban J connectivity index is 1.56. The standard InChI is InChI=1S/C25H28N4O5/c30-15-22(13-21-14-26-16-28-21)29-25(32)19-4-5-23-20(12-19)11-17-2-1-3-18(10-17)24(31)27-6-7-33-8-9-34-23/h1-5,10,12,14,16,22,30H,6-9,11,13,15H2,(H,26,28)(H,27,31)(H,29,32)/t22-/m0/s1. The van der Waals surface area contributed by atoms with Gasteiger partial charge in [0.2, 0.25) is 0 Å². The van der Waals surface area contributed by atoms with E-state index in [9.17, 15) is 14.7 Å². The summed E-state index contributed by atoms with van der Waals surface area (Å²) in [6.45, 7) is 1.35. The summed E-state index contributed by atoms with van der Waals surface area (Å²) in [5, 5.41) is 15.4. The second kappa shape index (κ2) is 11.4. The zero-order valence-corrected chi connectivity index (χ0v) is 18.8. The summed E-state index contributed by atoms with van der Waals surface area (Å²) in [5.74, 6) is 0.208. The number of carbonyl (C=O) groups excluding carboxylic acids is 2. The molecule has 1 aliphatic rings. The molecule has 34 heavy (non-hydrogen) atoms. The van der Waals surface area contributed by atoms with Crippen molar-refractivity contribution in [3.63, 3.8) is 0 Å². The van der Waals surface area contributed by atoms with E-state index in [2.05, 4.69) is 20.6 Å². The molecule has 1 aromatic heterocycles. The molecule has 2 amide bonds. The van der Waals surface area contributed by atoms with Crippen molar-refractivity contribution >= 4 is 11.8 Å². The van der Waals surface area contributed by atoms with Crippen LogP contribution in [-0.4, -0.2) is 65.9 Å². The van der Waals surface area contributed by atoms with Crippen molar-refractivity contribution in [1.29, 1.82) is 0 Å². The molecule has 0 saturated heterocycles. The van der Waals surface area contributed by atoms with E-state index in [-0.39, 0.29) is 18.4 Å². The summed E-state index contributed by atoms with van der Waals surface area (Å²) in [6.07, 6.45) is 4.14. The Labute approximate surface area is 197 Å². The van der Waals surface area contributed by atoms with Gasteiger partial charge in [-0.05, 0) is 41.5 Å². The Morgan fingerprint density at radius 3 is 2.91 bits per heavy atom. The number of ether oxygens (including phenoxy) is 2. The SMILES string of the molecule is O=C1NCCOCCOc2ccc(C(=O)N[C@H](CO)Cc3cnc[nH]3)cc2Cc2cccc1c2. The van der Waals surface area contributed by atoms with Gasteiger partial charge in [0, 0.05) is 42.4 Å². The lowest BCUT2D eigenvalue weighted by Crippen LogP contribution is -2.39. The summed E-state index contributed by atoms with van der Waals surface area (Å²) >= 11 is 0. The number of imidazole rings is 1. The van der Waals surface area contributed by atoms with Crippen LogP contribution in [0, 0.1) is 0 Å². The number of aliphatic hydroxyl groups is 1. The Morgan fingerprint density at radius 1 is 1.18 bits per heavy atom. The zero-order valence-electron chi connectivity index (χ0n) is 18.8. The van der Waals surface area contributed by atoms with E-state index >= 15 is 0 Å². The van der Waals surface area contributed by atoms with Crippen molar-refractivity contribution in [1.82, 2.24) is 20.6 Å². The average molecular weight is 465 g/mol. The van der Waals surface area contributed by atoms with Crippen molar-refractivity contribution in [2.24, 2.45) is 0 Å². The Kier molecular flexibility index (Phi) is 7.90. The number of hydrogen-bond acceptors (Lipinski definition) is 6. The first kappa shape index (κ1) is 23.5. The number of carbonyl (C=O) groups is 2. The number of nitrogens with zero attached hydrogens (tertiary/aromatic N) is 1. The monoisotopic (exact) mass is 464 g/mol. The summed E-state index contributed by atoms with van der Waals surface area (Å²) in [5.41, 5.74) is 3.59. The van der Waals surface area contributed by atoms with E-state index in [1.54, 1.807) is 36.8 Å². The Hall–Kier alpha value is -3.69. The fourth-order valence-electron chi connectivity index (χ4n) is 3.79. The van der Waals surface area contributed by atoms with Crippen LogP contribution in [0.5, 0.6) is 5.75 Å². The molecule has 1 aliphatic heterocycles. The van der Waals surface area contributed by atoms with Gasteiger partial charge in [-0.2, -0.15) is 0 Å². The van der Waals surface area contributed by atoms with Crippen molar-refractivity contribution < 1.29 is 24.2 Å². The maximum atomic E-state index is 12.9. The highest BCUT2D eigenvalue weighted by atomic mass is 16.5. The molecule has 0 unspecified atom stereocenters. The number of amides is 2. The van der Waals surface area contributed by atoms with Crippen LogP contribution in [0.3, 0.4) is 0 Å². The first-order valence-electron chi connectivity index (χ1n) is 11.2. The van der Waals surface area contributed by atoms with Crippen LogP contribution in [0.2, 0.25) is 0 Å². The maximum Gasteiger partial charge on any atom is 0.251 e. The minimum Gasteiger partial charge on any atom is -0.491 e. The molecule has 9 nitrogen and oxygen atoms in total. The molecule has 2 aromatic carbocycles. The first-order valence-corrected chi connectivity index (χ1v) is 11.2. The van der Waals surface area contributed by atoms with E-state index in [4.69, 9.17) is 9.47 Å². The highest BCUT2D eigenvalue weighted by molar-refractivity contribution is 5.95. The van der Waals surface area contributed by atoms with Crippen molar-refractivity contribution in [2.75, 3.05) is 33.0 Å². The molecule has 0 radical (unpaired) electrons. The minimum atomic E-state index is -0.454. The van der Waals surface area contributed by atoms with Gasteiger partial charge < -0.3 is 30.2 Å². The van der Waals surface area contributed by atoms with Gasteiger partial charge in [0.25, 0.3) is 11.8 Å². The van der Waals surface area contributed by atoms with Gasteiger partial charge in [-0.1, -0.05) is 12.1 Å². The smallest absolute Gasteiger partial charge is 0.251 e. The number of nitrogens with one attached hydrogen (secondary N) is 3. The molecule has 0 aliphatic carbocycles. The minimum absolute atomic E-state index is 0.153. The molecule has 2 heterocycles. The number of aromatic amines is 1. The maximum absolute atomic E-state index is 12.9. The molecule has 4 rings (SSSR count).